The molecule has 0 bridgehead atoms. The van der Waals surface area contributed by atoms with Crippen LogP contribution in [0.3, 0.4) is 0 Å². The molecule has 0 amide bonds. The summed E-state index contributed by atoms with van der Waals surface area (Å²) in [5.41, 5.74) is 9.60. The molecule has 1 unspecified atom stereocenters. The summed E-state index contributed by atoms with van der Waals surface area (Å²) in [6, 6.07) is 6.34. The van der Waals surface area contributed by atoms with Crippen molar-refractivity contribution in [3.63, 3.8) is 0 Å². The van der Waals surface area contributed by atoms with Crippen molar-refractivity contribution in [3.05, 3.63) is 30.0 Å². The molecule has 1 atom stereocenters. The number of benzene rings is 1. The summed E-state index contributed by atoms with van der Waals surface area (Å²) in [4.78, 5) is 13.4. The van der Waals surface area contributed by atoms with Gasteiger partial charge in [0.2, 0.25) is 11.8 Å². The predicted molar refractivity (Wildman–Crippen MR) is 122 cm³/mol. The van der Waals surface area contributed by atoms with E-state index in [4.69, 9.17) is 15.5 Å². The maximum absolute atomic E-state index is 6.30. The second-order valence-electron chi connectivity index (χ2n) is 8.48. The molecule has 1 aromatic heterocycles. The first kappa shape index (κ1) is 20.6. The smallest absolute Gasteiger partial charge is 0.226 e. The van der Waals surface area contributed by atoms with Crippen molar-refractivity contribution in [3.8, 4) is 17.0 Å². The molecule has 160 valence electrons. The Kier molecular flexibility index (Phi) is 6.47. The molecule has 7 nitrogen and oxygen atoms in total. The Labute approximate surface area is 178 Å². The molecule has 2 aliphatic rings. The van der Waals surface area contributed by atoms with Gasteiger partial charge in [0.25, 0.3) is 0 Å². The number of nitrogens with zero attached hydrogens (tertiary/aromatic N) is 3. The van der Waals surface area contributed by atoms with Crippen molar-refractivity contribution in [1.29, 1.82) is 0 Å². The average molecular weight is 409 g/mol. The number of anilines is 2. The Morgan fingerprint density at radius 2 is 2.07 bits per heavy atom. The lowest BCUT2D eigenvalue weighted by Crippen LogP contribution is -2.26. The minimum Gasteiger partial charge on any atom is -0.472 e. The number of aliphatic imine (C=N–C) groups is 1. The normalized spacial score (nSPS) is 24.3. The second kappa shape index (κ2) is 9.43. The van der Waals surface area contributed by atoms with E-state index in [2.05, 4.69) is 27.5 Å². The molecular weight excluding hydrogens is 376 g/mol. The Bertz CT molecular complexity index is 885. The maximum Gasteiger partial charge on any atom is 0.226 e. The van der Waals surface area contributed by atoms with Crippen molar-refractivity contribution < 1.29 is 4.74 Å². The van der Waals surface area contributed by atoms with Crippen molar-refractivity contribution in [2.45, 2.75) is 51.2 Å². The van der Waals surface area contributed by atoms with Crippen LogP contribution in [0.2, 0.25) is 0 Å². The van der Waals surface area contributed by atoms with Crippen LogP contribution >= 0.6 is 0 Å². The third-order valence-corrected chi connectivity index (χ3v) is 6.06. The minimum absolute atomic E-state index is 0.117. The standard InChI is InChI=1S/C23H32N6O/c1-15-3-7-18(8-4-15)28-23-27-14-20(22(29-23)30-19-9-10-26-13-19)16-5-6-17(12-25-2)21(24)11-16/h5-6,11-12,14-15,18-19,26H,3-4,7-10,13,24H2,1-2H3,(H,27,28,29). The molecule has 30 heavy (non-hydrogen) atoms. The van der Waals surface area contributed by atoms with E-state index in [9.17, 15) is 0 Å². The number of nitrogens with two attached hydrogens (primary N) is 1. The lowest BCUT2D eigenvalue weighted by Gasteiger charge is -2.27. The van der Waals surface area contributed by atoms with Crippen LogP contribution in [0.4, 0.5) is 11.6 Å². The second-order valence-corrected chi connectivity index (χ2v) is 8.48. The van der Waals surface area contributed by atoms with Gasteiger partial charge in [-0.15, -0.1) is 0 Å². The SMILES string of the molecule is CN=Cc1ccc(-c2cnc(NC3CCC(C)CC3)nc2OC2CCNC2)cc1N. The first-order chi connectivity index (χ1) is 14.6. The molecular formula is C23H32N6O. The van der Waals surface area contributed by atoms with Crippen molar-refractivity contribution >= 4 is 17.9 Å². The highest BCUT2D eigenvalue weighted by atomic mass is 16.5. The van der Waals surface area contributed by atoms with Crippen molar-refractivity contribution in [2.75, 3.05) is 31.2 Å². The highest BCUT2D eigenvalue weighted by Crippen LogP contribution is 2.33. The zero-order valence-electron chi connectivity index (χ0n) is 17.9. The van der Waals surface area contributed by atoms with E-state index in [-0.39, 0.29) is 6.10 Å². The van der Waals surface area contributed by atoms with Crippen LogP contribution in [0.25, 0.3) is 11.1 Å². The van der Waals surface area contributed by atoms with Gasteiger partial charge in [0, 0.05) is 43.3 Å². The molecule has 4 rings (SSSR count). The number of hydrogen-bond acceptors (Lipinski definition) is 7. The summed E-state index contributed by atoms with van der Waals surface area (Å²) < 4.78 is 6.30. The van der Waals surface area contributed by atoms with Crippen LogP contribution in [0.1, 0.15) is 44.6 Å². The summed E-state index contributed by atoms with van der Waals surface area (Å²) in [6.07, 6.45) is 9.51. The number of rotatable bonds is 6. The monoisotopic (exact) mass is 408 g/mol. The van der Waals surface area contributed by atoms with Gasteiger partial charge in [0.1, 0.15) is 6.10 Å². The fourth-order valence-electron chi connectivity index (χ4n) is 4.20. The molecule has 0 spiro atoms. The Morgan fingerprint density at radius 3 is 2.77 bits per heavy atom. The molecule has 1 saturated heterocycles. The van der Waals surface area contributed by atoms with E-state index in [0.29, 0.717) is 23.6 Å². The van der Waals surface area contributed by atoms with E-state index >= 15 is 0 Å². The number of ether oxygens (including phenoxy) is 1. The molecule has 1 aliphatic heterocycles. The summed E-state index contributed by atoms with van der Waals surface area (Å²) >= 11 is 0. The van der Waals surface area contributed by atoms with Crippen LogP contribution in [0.5, 0.6) is 5.88 Å². The van der Waals surface area contributed by atoms with Crippen molar-refractivity contribution in [2.24, 2.45) is 10.9 Å². The quantitative estimate of drug-likeness (QED) is 0.500. The number of hydrogen-bond donors (Lipinski definition) is 3. The number of aromatic nitrogens is 2. The van der Waals surface area contributed by atoms with Gasteiger partial charge in [-0.3, -0.25) is 4.99 Å². The van der Waals surface area contributed by atoms with Gasteiger partial charge in [-0.1, -0.05) is 19.1 Å². The van der Waals surface area contributed by atoms with Gasteiger partial charge in [-0.25, -0.2) is 4.98 Å². The van der Waals surface area contributed by atoms with Gasteiger partial charge >= 0.3 is 0 Å². The van der Waals surface area contributed by atoms with Crippen molar-refractivity contribution in [1.82, 2.24) is 15.3 Å². The van der Waals surface area contributed by atoms with E-state index in [0.717, 1.165) is 55.0 Å². The topological polar surface area (TPSA) is 97.5 Å². The molecule has 0 radical (unpaired) electrons. The van der Waals surface area contributed by atoms with Gasteiger partial charge in [0.05, 0.1) is 5.56 Å². The van der Waals surface area contributed by atoms with Gasteiger partial charge in [-0.2, -0.15) is 4.98 Å². The third kappa shape index (κ3) is 4.90. The Morgan fingerprint density at radius 1 is 1.23 bits per heavy atom. The highest BCUT2D eigenvalue weighted by molar-refractivity contribution is 5.89. The first-order valence-electron chi connectivity index (χ1n) is 11.0. The zero-order chi connectivity index (χ0) is 20.9. The molecule has 1 saturated carbocycles. The fraction of sp³-hybridized carbons (Fsp3) is 0.522. The van der Waals surface area contributed by atoms with Crippen LogP contribution in [-0.4, -0.2) is 48.5 Å². The molecule has 1 aromatic carbocycles. The Balaban J connectivity index is 1.61. The largest absolute Gasteiger partial charge is 0.472 e. The number of nitrogens with one attached hydrogen (secondary N) is 2. The Hall–Kier alpha value is -2.67. The van der Waals surface area contributed by atoms with E-state index in [1.165, 1.54) is 12.8 Å². The molecule has 7 heteroatoms. The maximum atomic E-state index is 6.30. The molecule has 4 N–H and O–H groups in total. The van der Waals surface area contributed by atoms with Crippen LogP contribution in [-0.2, 0) is 0 Å². The fourth-order valence-corrected chi connectivity index (χ4v) is 4.20. The average Bonchev–Trinajstić information content (AvgIpc) is 3.25. The highest BCUT2D eigenvalue weighted by Gasteiger charge is 2.22. The summed E-state index contributed by atoms with van der Waals surface area (Å²) in [5, 5.41) is 6.87. The van der Waals surface area contributed by atoms with E-state index < -0.39 is 0 Å². The first-order valence-corrected chi connectivity index (χ1v) is 11.0. The van der Waals surface area contributed by atoms with E-state index in [1.807, 2.05) is 24.4 Å². The van der Waals surface area contributed by atoms with Crippen LogP contribution in [0.15, 0.2) is 29.4 Å². The van der Waals surface area contributed by atoms with E-state index in [1.54, 1.807) is 13.3 Å². The minimum atomic E-state index is 0.117. The lowest BCUT2D eigenvalue weighted by molar-refractivity contribution is 0.215. The molecule has 2 aromatic rings. The van der Waals surface area contributed by atoms with Crippen LogP contribution in [0, 0.1) is 5.92 Å². The summed E-state index contributed by atoms with van der Waals surface area (Å²) in [6.45, 7) is 4.13. The lowest BCUT2D eigenvalue weighted by atomic mass is 9.87. The number of nitrogen functional groups attached to an aromatic ring is 1. The molecule has 2 heterocycles. The van der Waals surface area contributed by atoms with Gasteiger partial charge in [-0.05, 0) is 56.2 Å². The summed E-state index contributed by atoms with van der Waals surface area (Å²) in [7, 11) is 1.74. The third-order valence-electron chi connectivity index (χ3n) is 6.06. The van der Waals surface area contributed by atoms with Gasteiger partial charge in [0.15, 0.2) is 0 Å². The molecule has 2 fully saturated rings. The summed E-state index contributed by atoms with van der Waals surface area (Å²) in [5.74, 6) is 2.06. The predicted octanol–water partition coefficient (Wildman–Crippen LogP) is 3.51. The zero-order valence-corrected chi connectivity index (χ0v) is 17.9. The van der Waals surface area contributed by atoms with Gasteiger partial charge < -0.3 is 21.1 Å². The van der Waals surface area contributed by atoms with Crippen LogP contribution < -0.4 is 21.1 Å². The molecule has 1 aliphatic carbocycles.